The SMILES string of the molecule is COc1cc(-c2nnc(N)o2)ccc1OCc1ccccc1. The van der Waals surface area contributed by atoms with Crippen molar-refractivity contribution >= 4 is 6.01 Å². The topological polar surface area (TPSA) is 83.4 Å². The van der Waals surface area contributed by atoms with E-state index in [1.54, 1.807) is 19.2 Å². The van der Waals surface area contributed by atoms with Crippen LogP contribution in [0.3, 0.4) is 0 Å². The second-order valence-corrected chi connectivity index (χ2v) is 4.59. The van der Waals surface area contributed by atoms with Gasteiger partial charge < -0.3 is 19.6 Å². The maximum atomic E-state index is 5.79. The molecular formula is C16H15N3O3. The first-order chi connectivity index (χ1) is 10.8. The lowest BCUT2D eigenvalue weighted by molar-refractivity contribution is 0.284. The van der Waals surface area contributed by atoms with Crippen LogP contribution in [0.4, 0.5) is 6.01 Å². The lowest BCUT2D eigenvalue weighted by Crippen LogP contribution is -1.97. The first-order valence-electron chi connectivity index (χ1n) is 6.70. The molecule has 0 aliphatic rings. The fourth-order valence-electron chi connectivity index (χ4n) is 2.01. The smallest absolute Gasteiger partial charge is 0.313 e. The third kappa shape index (κ3) is 3.01. The summed E-state index contributed by atoms with van der Waals surface area (Å²) in [5.74, 6) is 1.57. The van der Waals surface area contributed by atoms with Gasteiger partial charge in [0.05, 0.1) is 7.11 Å². The zero-order chi connectivity index (χ0) is 15.4. The molecule has 0 bridgehead atoms. The Morgan fingerprint density at radius 2 is 1.86 bits per heavy atom. The van der Waals surface area contributed by atoms with Crippen LogP contribution in [-0.4, -0.2) is 17.3 Å². The van der Waals surface area contributed by atoms with Crippen molar-refractivity contribution in [2.75, 3.05) is 12.8 Å². The lowest BCUT2D eigenvalue weighted by atomic mass is 10.2. The highest BCUT2D eigenvalue weighted by molar-refractivity contribution is 5.60. The number of hydrogen-bond acceptors (Lipinski definition) is 6. The largest absolute Gasteiger partial charge is 0.493 e. The van der Waals surface area contributed by atoms with Gasteiger partial charge in [-0.3, -0.25) is 0 Å². The molecule has 3 aromatic rings. The summed E-state index contributed by atoms with van der Waals surface area (Å²) in [5, 5.41) is 7.48. The highest BCUT2D eigenvalue weighted by Crippen LogP contribution is 2.32. The zero-order valence-corrected chi connectivity index (χ0v) is 12.0. The molecule has 0 radical (unpaired) electrons. The summed E-state index contributed by atoms with van der Waals surface area (Å²) >= 11 is 0. The molecule has 22 heavy (non-hydrogen) atoms. The number of hydrogen-bond donors (Lipinski definition) is 1. The number of methoxy groups -OCH3 is 1. The molecule has 0 atom stereocenters. The number of ether oxygens (including phenoxy) is 2. The summed E-state index contributed by atoms with van der Waals surface area (Å²) in [5.41, 5.74) is 7.23. The van der Waals surface area contributed by atoms with Crippen LogP contribution in [0.5, 0.6) is 11.5 Å². The van der Waals surface area contributed by atoms with Gasteiger partial charge in [-0.2, -0.15) is 0 Å². The third-order valence-corrected chi connectivity index (χ3v) is 3.09. The summed E-state index contributed by atoms with van der Waals surface area (Å²) in [7, 11) is 1.58. The van der Waals surface area contributed by atoms with Gasteiger partial charge in [0.15, 0.2) is 11.5 Å². The Morgan fingerprint density at radius 3 is 2.55 bits per heavy atom. The van der Waals surface area contributed by atoms with Crippen molar-refractivity contribution < 1.29 is 13.9 Å². The van der Waals surface area contributed by atoms with E-state index in [-0.39, 0.29) is 6.01 Å². The average Bonchev–Trinajstić information content (AvgIpc) is 3.00. The van der Waals surface area contributed by atoms with Crippen LogP contribution >= 0.6 is 0 Å². The van der Waals surface area contributed by atoms with Gasteiger partial charge >= 0.3 is 6.01 Å². The van der Waals surface area contributed by atoms with Gasteiger partial charge in [-0.05, 0) is 23.8 Å². The summed E-state index contributed by atoms with van der Waals surface area (Å²) in [6.07, 6.45) is 0. The molecule has 2 N–H and O–H groups in total. The fourth-order valence-corrected chi connectivity index (χ4v) is 2.01. The van der Waals surface area contributed by atoms with Gasteiger partial charge in [0.2, 0.25) is 5.89 Å². The monoisotopic (exact) mass is 297 g/mol. The Balaban J connectivity index is 1.80. The van der Waals surface area contributed by atoms with E-state index < -0.39 is 0 Å². The minimum absolute atomic E-state index is 0.0263. The summed E-state index contributed by atoms with van der Waals surface area (Å²) < 4.78 is 16.3. The van der Waals surface area contributed by atoms with E-state index in [4.69, 9.17) is 19.6 Å². The molecule has 1 heterocycles. The Morgan fingerprint density at radius 1 is 1.05 bits per heavy atom. The molecule has 1 aromatic heterocycles. The number of nitrogen functional groups attached to an aromatic ring is 1. The van der Waals surface area contributed by atoms with Crippen molar-refractivity contribution in [2.45, 2.75) is 6.61 Å². The molecule has 0 amide bonds. The highest BCUT2D eigenvalue weighted by atomic mass is 16.5. The van der Waals surface area contributed by atoms with Crippen LogP contribution in [0.15, 0.2) is 52.9 Å². The van der Waals surface area contributed by atoms with E-state index in [1.165, 1.54) is 0 Å². The second-order valence-electron chi connectivity index (χ2n) is 4.59. The molecular weight excluding hydrogens is 282 g/mol. The normalized spacial score (nSPS) is 10.4. The van der Waals surface area contributed by atoms with Crippen LogP contribution in [0.1, 0.15) is 5.56 Å². The fraction of sp³-hybridized carbons (Fsp3) is 0.125. The standard InChI is InChI=1S/C16H15N3O3/c1-20-14-9-12(15-18-19-16(17)22-15)7-8-13(14)21-10-11-5-3-2-4-6-11/h2-9H,10H2,1H3,(H2,17,19). The van der Waals surface area contributed by atoms with Crippen molar-refractivity contribution in [3.8, 4) is 23.0 Å². The van der Waals surface area contributed by atoms with Crippen LogP contribution in [0.25, 0.3) is 11.5 Å². The average molecular weight is 297 g/mol. The molecule has 0 saturated carbocycles. The molecule has 0 aliphatic carbocycles. The van der Waals surface area contributed by atoms with Crippen LogP contribution in [0, 0.1) is 0 Å². The van der Waals surface area contributed by atoms with Crippen molar-refractivity contribution in [3.63, 3.8) is 0 Å². The summed E-state index contributed by atoms with van der Waals surface area (Å²) in [6, 6.07) is 15.3. The van der Waals surface area contributed by atoms with E-state index in [0.29, 0.717) is 29.6 Å². The van der Waals surface area contributed by atoms with Gasteiger partial charge in [-0.1, -0.05) is 35.4 Å². The molecule has 0 fully saturated rings. The second kappa shape index (κ2) is 6.17. The minimum atomic E-state index is 0.0263. The molecule has 0 aliphatic heterocycles. The number of aromatic nitrogens is 2. The number of benzene rings is 2. The lowest BCUT2D eigenvalue weighted by Gasteiger charge is -2.11. The van der Waals surface area contributed by atoms with E-state index in [1.807, 2.05) is 36.4 Å². The zero-order valence-electron chi connectivity index (χ0n) is 12.0. The maximum absolute atomic E-state index is 5.79. The molecule has 112 valence electrons. The first-order valence-corrected chi connectivity index (χ1v) is 6.70. The predicted octanol–water partition coefficient (Wildman–Crippen LogP) is 2.91. The van der Waals surface area contributed by atoms with E-state index in [0.717, 1.165) is 5.56 Å². The molecule has 6 nitrogen and oxygen atoms in total. The van der Waals surface area contributed by atoms with Crippen LogP contribution < -0.4 is 15.2 Å². The van der Waals surface area contributed by atoms with Gasteiger partial charge in [0, 0.05) is 5.56 Å². The number of nitrogens with zero attached hydrogens (tertiary/aromatic N) is 2. The highest BCUT2D eigenvalue weighted by Gasteiger charge is 2.11. The number of rotatable bonds is 5. The Labute approximate surface area is 127 Å². The Kier molecular flexibility index (Phi) is 3.91. The maximum Gasteiger partial charge on any atom is 0.313 e. The predicted molar refractivity (Wildman–Crippen MR) is 81.5 cm³/mol. The van der Waals surface area contributed by atoms with Crippen molar-refractivity contribution in [3.05, 3.63) is 54.1 Å². The molecule has 2 aromatic carbocycles. The molecule has 3 rings (SSSR count). The molecule has 0 saturated heterocycles. The quantitative estimate of drug-likeness (QED) is 0.779. The third-order valence-electron chi connectivity index (χ3n) is 3.09. The van der Waals surface area contributed by atoms with Crippen LogP contribution in [-0.2, 0) is 6.61 Å². The van der Waals surface area contributed by atoms with E-state index in [9.17, 15) is 0 Å². The van der Waals surface area contributed by atoms with Crippen molar-refractivity contribution in [1.82, 2.24) is 10.2 Å². The van der Waals surface area contributed by atoms with Gasteiger partial charge in [0.25, 0.3) is 0 Å². The van der Waals surface area contributed by atoms with E-state index in [2.05, 4.69) is 10.2 Å². The summed E-state index contributed by atoms with van der Waals surface area (Å²) in [4.78, 5) is 0. The van der Waals surface area contributed by atoms with Crippen LogP contribution in [0.2, 0.25) is 0 Å². The van der Waals surface area contributed by atoms with Crippen molar-refractivity contribution in [2.24, 2.45) is 0 Å². The Bertz CT molecular complexity index is 756. The molecule has 6 heteroatoms. The molecule has 0 spiro atoms. The molecule has 0 unspecified atom stereocenters. The minimum Gasteiger partial charge on any atom is -0.493 e. The van der Waals surface area contributed by atoms with E-state index >= 15 is 0 Å². The van der Waals surface area contributed by atoms with Gasteiger partial charge in [0.1, 0.15) is 6.61 Å². The summed E-state index contributed by atoms with van der Waals surface area (Å²) in [6.45, 7) is 0.462. The first kappa shape index (κ1) is 13.9. The number of nitrogens with two attached hydrogens (primary N) is 1. The number of anilines is 1. The van der Waals surface area contributed by atoms with Gasteiger partial charge in [-0.25, -0.2) is 0 Å². The van der Waals surface area contributed by atoms with Crippen molar-refractivity contribution in [1.29, 1.82) is 0 Å². The Hall–Kier alpha value is -3.02. The van der Waals surface area contributed by atoms with Gasteiger partial charge in [-0.15, -0.1) is 5.10 Å².